The van der Waals surface area contributed by atoms with Crippen molar-refractivity contribution in [3.63, 3.8) is 0 Å². The average Bonchev–Trinajstić information content (AvgIpc) is 2.88. The van der Waals surface area contributed by atoms with Crippen LogP contribution in [0.15, 0.2) is 84.9 Å². The fraction of sp³-hybridized carbons (Fsp3) is 0.192. The molecule has 34 heavy (non-hydrogen) atoms. The van der Waals surface area contributed by atoms with Gasteiger partial charge in [0.2, 0.25) is 0 Å². The van der Waals surface area contributed by atoms with Crippen LogP contribution in [0.1, 0.15) is 10.4 Å². The van der Waals surface area contributed by atoms with E-state index in [-0.39, 0.29) is 23.5 Å². The predicted molar refractivity (Wildman–Crippen MR) is 137 cm³/mol. The molecule has 7 nitrogen and oxygen atoms in total. The van der Waals surface area contributed by atoms with Gasteiger partial charge in [-0.15, -0.1) is 0 Å². The van der Waals surface area contributed by atoms with Gasteiger partial charge in [-0.25, -0.2) is 0 Å². The molecule has 2 amide bonds. The van der Waals surface area contributed by atoms with Crippen LogP contribution in [-0.2, 0) is 4.79 Å². The molecule has 8 heteroatoms. The second-order valence-electron chi connectivity index (χ2n) is 7.77. The van der Waals surface area contributed by atoms with Crippen molar-refractivity contribution in [2.24, 2.45) is 0 Å². The maximum atomic E-state index is 12.7. The van der Waals surface area contributed by atoms with Crippen LogP contribution in [0.4, 0.5) is 11.4 Å². The number of nitrogens with one attached hydrogen (secondary N) is 2. The van der Waals surface area contributed by atoms with E-state index in [1.54, 1.807) is 12.1 Å². The summed E-state index contributed by atoms with van der Waals surface area (Å²) >= 11 is 5.34. The Morgan fingerprint density at radius 3 is 2.15 bits per heavy atom. The highest BCUT2D eigenvalue weighted by molar-refractivity contribution is 7.80. The highest BCUT2D eigenvalue weighted by Crippen LogP contribution is 2.27. The van der Waals surface area contributed by atoms with E-state index >= 15 is 0 Å². The van der Waals surface area contributed by atoms with Crippen molar-refractivity contribution in [2.75, 3.05) is 43.0 Å². The lowest BCUT2D eigenvalue weighted by molar-refractivity contribution is -0.121. The molecule has 0 unspecified atom stereocenters. The molecule has 3 aromatic carbocycles. The summed E-state index contributed by atoms with van der Waals surface area (Å²) in [6.45, 7) is 2.51. The normalized spacial score (nSPS) is 13.2. The average molecular weight is 475 g/mol. The zero-order valence-corrected chi connectivity index (χ0v) is 19.5. The number of ether oxygens (including phenoxy) is 1. The molecule has 1 saturated heterocycles. The van der Waals surface area contributed by atoms with E-state index in [2.05, 4.69) is 15.5 Å². The molecule has 0 aliphatic carbocycles. The van der Waals surface area contributed by atoms with Crippen LogP contribution in [0.25, 0.3) is 0 Å². The number of carbonyl (C=O) groups excluding carboxylic acids is 2. The summed E-state index contributed by atoms with van der Waals surface area (Å²) in [5, 5.41) is 5.97. The number of para-hydroxylation sites is 3. The van der Waals surface area contributed by atoms with E-state index in [1.165, 1.54) is 0 Å². The summed E-state index contributed by atoms with van der Waals surface area (Å²) in [5.41, 5.74) is 2.46. The third kappa shape index (κ3) is 6.11. The van der Waals surface area contributed by atoms with Crippen LogP contribution in [0.3, 0.4) is 0 Å². The zero-order chi connectivity index (χ0) is 23.8. The molecule has 0 atom stereocenters. The van der Waals surface area contributed by atoms with E-state index < -0.39 is 0 Å². The number of thiocarbonyl (C=S) groups is 1. The van der Waals surface area contributed by atoms with Gasteiger partial charge in [0, 0.05) is 31.7 Å². The number of anilines is 2. The Balaban J connectivity index is 1.31. The van der Waals surface area contributed by atoms with E-state index in [4.69, 9.17) is 17.0 Å². The SMILES string of the molecule is O=C(COc1ccccc1)NC(=S)Nc1ccccc1N1CCN(C(=O)c2ccccc2)CC1. The van der Waals surface area contributed by atoms with Gasteiger partial charge in [-0.2, -0.15) is 0 Å². The van der Waals surface area contributed by atoms with Gasteiger partial charge < -0.3 is 19.9 Å². The van der Waals surface area contributed by atoms with E-state index in [0.717, 1.165) is 11.4 Å². The van der Waals surface area contributed by atoms with Crippen LogP contribution in [-0.4, -0.2) is 54.6 Å². The third-order valence-electron chi connectivity index (χ3n) is 5.45. The third-order valence-corrected chi connectivity index (χ3v) is 5.65. The second kappa shape index (κ2) is 11.3. The van der Waals surface area contributed by atoms with E-state index in [0.29, 0.717) is 37.5 Å². The quantitative estimate of drug-likeness (QED) is 0.533. The van der Waals surface area contributed by atoms with Crippen molar-refractivity contribution in [3.05, 3.63) is 90.5 Å². The molecule has 1 heterocycles. The van der Waals surface area contributed by atoms with Crippen LogP contribution in [0.5, 0.6) is 5.75 Å². The lowest BCUT2D eigenvalue weighted by Gasteiger charge is -2.37. The Morgan fingerprint density at radius 1 is 0.824 bits per heavy atom. The molecule has 0 aromatic heterocycles. The van der Waals surface area contributed by atoms with E-state index in [9.17, 15) is 9.59 Å². The molecular formula is C26H26N4O3S. The van der Waals surface area contributed by atoms with Crippen molar-refractivity contribution in [1.82, 2.24) is 10.2 Å². The molecule has 1 aliphatic rings. The van der Waals surface area contributed by atoms with Crippen LogP contribution in [0.2, 0.25) is 0 Å². The molecular weight excluding hydrogens is 448 g/mol. The minimum Gasteiger partial charge on any atom is -0.484 e. The Hall–Kier alpha value is -3.91. The van der Waals surface area contributed by atoms with Gasteiger partial charge >= 0.3 is 0 Å². The first-order valence-corrected chi connectivity index (χ1v) is 11.5. The van der Waals surface area contributed by atoms with Crippen molar-refractivity contribution < 1.29 is 14.3 Å². The zero-order valence-electron chi connectivity index (χ0n) is 18.6. The molecule has 2 N–H and O–H groups in total. The van der Waals surface area contributed by atoms with E-state index in [1.807, 2.05) is 77.7 Å². The van der Waals surface area contributed by atoms with Crippen LogP contribution >= 0.6 is 12.2 Å². The van der Waals surface area contributed by atoms with Gasteiger partial charge in [0.05, 0.1) is 11.4 Å². The summed E-state index contributed by atoms with van der Waals surface area (Å²) < 4.78 is 5.46. The number of carbonyl (C=O) groups is 2. The van der Waals surface area contributed by atoms with Crippen molar-refractivity contribution in [3.8, 4) is 5.75 Å². The largest absolute Gasteiger partial charge is 0.484 e. The Morgan fingerprint density at radius 2 is 1.44 bits per heavy atom. The minimum absolute atomic E-state index is 0.0493. The predicted octanol–water partition coefficient (Wildman–Crippen LogP) is 3.54. The first kappa shape index (κ1) is 23.3. The number of hydrogen-bond acceptors (Lipinski definition) is 5. The van der Waals surface area contributed by atoms with Crippen molar-refractivity contribution in [1.29, 1.82) is 0 Å². The van der Waals surface area contributed by atoms with Crippen molar-refractivity contribution >= 4 is 40.5 Å². The van der Waals surface area contributed by atoms with Gasteiger partial charge in [0.1, 0.15) is 5.75 Å². The maximum Gasteiger partial charge on any atom is 0.264 e. The molecule has 1 aliphatic heterocycles. The molecule has 0 spiro atoms. The summed E-state index contributed by atoms with van der Waals surface area (Å²) in [6.07, 6.45) is 0. The number of nitrogens with zero attached hydrogens (tertiary/aromatic N) is 2. The van der Waals surface area contributed by atoms with Gasteiger partial charge in [-0.05, 0) is 48.6 Å². The maximum absolute atomic E-state index is 12.7. The number of piperazine rings is 1. The summed E-state index contributed by atoms with van der Waals surface area (Å²) in [5.74, 6) is 0.326. The van der Waals surface area contributed by atoms with Crippen LogP contribution < -0.4 is 20.3 Å². The molecule has 4 rings (SSSR count). The smallest absolute Gasteiger partial charge is 0.264 e. The van der Waals surface area contributed by atoms with Gasteiger partial charge in [0.25, 0.3) is 11.8 Å². The first-order valence-electron chi connectivity index (χ1n) is 11.1. The second-order valence-corrected chi connectivity index (χ2v) is 8.17. The van der Waals surface area contributed by atoms with Crippen molar-refractivity contribution in [2.45, 2.75) is 0 Å². The van der Waals surface area contributed by atoms with Crippen LogP contribution in [0, 0.1) is 0 Å². The lowest BCUT2D eigenvalue weighted by Crippen LogP contribution is -2.49. The lowest BCUT2D eigenvalue weighted by atomic mass is 10.1. The molecule has 0 radical (unpaired) electrons. The molecule has 3 aromatic rings. The molecule has 1 fully saturated rings. The standard InChI is InChI=1S/C26H26N4O3S/c31-24(19-33-21-11-5-2-6-12-21)28-26(34)27-22-13-7-8-14-23(22)29-15-17-30(18-16-29)25(32)20-9-3-1-4-10-20/h1-14H,15-19H2,(H2,27,28,31,34). The fourth-order valence-corrected chi connectivity index (χ4v) is 3.97. The summed E-state index contributed by atoms with van der Waals surface area (Å²) in [7, 11) is 0. The summed E-state index contributed by atoms with van der Waals surface area (Å²) in [4.78, 5) is 29.0. The Bertz CT molecular complexity index is 1130. The minimum atomic E-state index is -0.341. The number of hydrogen-bond donors (Lipinski definition) is 2. The first-order chi connectivity index (χ1) is 16.6. The summed E-state index contributed by atoms with van der Waals surface area (Å²) in [6, 6.07) is 26.2. The highest BCUT2D eigenvalue weighted by atomic mass is 32.1. The number of amides is 2. The monoisotopic (exact) mass is 474 g/mol. The number of benzene rings is 3. The molecule has 0 bridgehead atoms. The van der Waals surface area contributed by atoms with Gasteiger partial charge in [-0.1, -0.05) is 48.5 Å². The highest BCUT2D eigenvalue weighted by Gasteiger charge is 2.23. The Labute approximate surface area is 204 Å². The van der Waals surface area contributed by atoms with Gasteiger partial charge in [0.15, 0.2) is 11.7 Å². The Kier molecular flexibility index (Phi) is 7.72. The number of rotatable bonds is 6. The fourth-order valence-electron chi connectivity index (χ4n) is 3.75. The topological polar surface area (TPSA) is 73.9 Å². The molecule has 0 saturated carbocycles. The molecule has 174 valence electrons. The van der Waals surface area contributed by atoms with Gasteiger partial charge in [-0.3, -0.25) is 14.9 Å².